The van der Waals surface area contributed by atoms with Gasteiger partial charge in [0.05, 0.1) is 5.69 Å². The highest BCUT2D eigenvalue weighted by Gasteiger charge is 2.15. The molecular weight excluding hydrogens is 206 g/mol. The van der Waals surface area contributed by atoms with Crippen molar-refractivity contribution in [3.05, 3.63) is 17.5 Å². The molecule has 1 saturated heterocycles. The molecule has 0 aromatic carbocycles. The molecule has 1 atom stereocenters. The average molecular weight is 223 g/mol. The summed E-state index contributed by atoms with van der Waals surface area (Å²) < 4.78 is 4.87. The third kappa shape index (κ3) is 2.82. The molecule has 1 aliphatic rings. The fourth-order valence-corrected chi connectivity index (χ4v) is 1.91. The van der Waals surface area contributed by atoms with E-state index < -0.39 is 0 Å². The number of nitrogens with zero attached hydrogens (tertiary/aromatic N) is 1. The number of aryl methyl sites for hydroxylation is 1. The summed E-state index contributed by atoms with van der Waals surface area (Å²) in [5.41, 5.74) is 0.727. The molecular formula is C11H17N3O2. The van der Waals surface area contributed by atoms with Crippen LogP contribution in [0, 0.1) is 12.8 Å². The van der Waals surface area contributed by atoms with Gasteiger partial charge in [-0.15, -0.1) is 0 Å². The molecule has 1 aliphatic heterocycles. The molecule has 2 heterocycles. The lowest BCUT2D eigenvalue weighted by Crippen LogP contribution is -2.26. The van der Waals surface area contributed by atoms with Gasteiger partial charge in [-0.2, -0.15) is 0 Å². The molecule has 0 aliphatic carbocycles. The number of carbonyl (C=O) groups excluding carboxylic acids is 1. The third-order valence-electron chi connectivity index (χ3n) is 2.85. The van der Waals surface area contributed by atoms with Crippen molar-refractivity contribution in [3.8, 4) is 0 Å². The van der Waals surface area contributed by atoms with Crippen LogP contribution in [0.15, 0.2) is 10.6 Å². The van der Waals surface area contributed by atoms with E-state index in [0.29, 0.717) is 18.2 Å². The van der Waals surface area contributed by atoms with Crippen molar-refractivity contribution in [3.63, 3.8) is 0 Å². The van der Waals surface area contributed by atoms with E-state index >= 15 is 0 Å². The smallest absolute Gasteiger partial charge is 0.289 e. The predicted octanol–water partition coefficient (Wildman–Crippen LogP) is 0.712. The van der Waals surface area contributed by atoms with Gasteiger partial charge in [-0.1, -0.05) is 5.16 Å². The number of amides is 1. The quantitative estimate of drug-likeness (QED) is 0.789. The fourth-order valence-electron chi connectivity index (χ4n) is 1.91. The van der Waals surface area contributed by atoms with Crippen molar-refractivity contribution in [2.45, 2.75) is 19.8 Å². The van der Waals surface area contributed by atoms with Crippen molar-refractivity contribution in [2.24, 2.45) is 5.92 Å². The maximum Gasteiger partial charge on any atom is 0.289 e. The van der Waals surface area contributed by atoms with Gasteiger partial charge in [0.25, 0.3) is 5.91 Å². The maximum absolute atomic E-state index is 11.6. The Morgan fingerprint density at radius 3 is 3.25 bits per heavy atom. The van der Waals surface area contributed by atoms with Gasteiger partial charge in [0.2, 0.25) is 5.76 Å². The first kappa shape index (κ1) is 11.1. The maximum atomic E-state index is 11.6. The predicted molar refractivity (Wildman–Crippen MR) is 59.2 cm³/mol. The molecule has 5 heteroatoms. The van der Waals surface area contributed by atoms with E-state index in [1.807, 2.05) is 0 Å². The molecule has 88 valence electrons. The zero-order valence-electron chi connectivity index (χ0n) is 9.45. The summed E-state index contributed by atoms with van der Waals surface area (Å²) in [6, 6.07) is 1.65. The van der Waals surface area contributed by atoms with Gasteiger partial charge in [0.15, 0.2) is 0 Å². The van der Waals surface area contributed by atoms with Crippen LogP contribution in [0.1, 0.15) is 29.1 Å². The molecule has 0 bridgehead atoms. The zero-order valence-corrected chi connectivity index (χ0v) is 9.45. The van der Waals surface area contributed by atoms with Crippen LogP contribution in [0.4, 0.5) is 0 Å². The second-order valence-corrected chi connectivity index (χ2v) is 4.24. The minimum Gasteiger partial charge on any atom is -0.351 e. The largest absolute Gasteiger partial charge is 0.351 e. The van der Waals surface area contributed by atoms with Gasteiger partial charge in [-0.25, -0.2) is 0 Å². The summed E-state index contributed by atoms with van der Waals surface area (Å²) in [4.78, 5) is 11.6. The average Bonchev–Trinajstić information content (AvgIpc) is 2.89. The normalized spacial score (nSPS) is 19.9. The van der Waals surface area contributed by atoms with E-state index in [0.717, 1.165) is 25.2 Å². The van der Waals surface area contributed by atoms with Crippen molar-refractivity contribution in [1.82, 2.24) is 15.8 Å². The number of rotatable bonds is 4. The van der Waals surface area contributed by atoms with Gasteiger partial charge in [0.1, 0.15) is 0 Å². The van der Waals surface area contributed by atoms with Gasteiger partial charge in [0, 0.05) is 12.6 Å². The summed E-state index contributed by atoms with van der Waals surface area (Å²) in [7, 11) is 0. The third-order valence-corrected chi connectivity index (χ3v) is 2.85. The lowest BCUT2D eigenvalue weighted by atomic mass is 10.1. The van der Waals surface area contributed by atoms with Crippen LogP contribution in [-0.4, -0.2) is 30.7 Å². The fraction of sp³-hybridized carbons (Fsp3) is 0.636. The van der Waals surface area contributed by atoms with Gasteiger partial charge >= 0.3 is 0 Å². The molecule has 1 fully saturated rings. The summed E-state index contributed by atoms with van der Waals surface area (Å²) in [6.07, 6.45) is 2.23. The standard InChI is InChI=1S/C11H17N3O2/c1-8-6-10(16-14-8)11(15)13-5-3-9-2-4-12-7-9/h6,9,12H,2-5,7H2,1H3,(H,13,15). The molecule has 2 N–H and O–H groups in total. The lowest BCUT2D eigenvalue weighted by Gasteiger charge is -2.07. The second-order valence-electron chi connectivity index (χ2n) is 4.24. The Labute approximate surface area is 94.6 Å². The first-order chi connectivity index (χ1) is 7.75. The van der Waals surface area contributed by atoms with E-state index in [9.17, 15) is 4.79 Å². The van der Waals surface area contributed by atoms with Crippen LogP contribution in [0.2, 0.25) is 0 Å². The van der Waals surface area contributed by atoms with E-state index in [2.05, 4.69) is 15.8 Å². The minimum atomic E-state index is -0.174. The van der Waals surface area contributed by atoms with Crippen molar-refractivity contribution >= 4 is 5.91 Å². The van der Waals surface area contributed by atoms with Crippen LogP contribution in [-0.2, 0) is 0 Å². The SMILES string of the molecule is Cc1cc(C(=O)NCCC2CCNC2)on1. The molecule has 1 aromatic rings. The Bertz CT molecular complexity index is 356. The number of hydrogen-bond acceptors (Lipinski definition) is 4. The molecule has 1 amide bonds. The molecule has 0 saturated carbocycles. The van der Waals surface area contributed by atoms with Crippen LogP contribution >= 0.6 is 0 Å². The topological polar surface area (TPSA) is 67.2 Å². The summed E-state index contributed by atoms with van der Waals surface area (Å²) >= 11 is 0. The van der Waals surface area contributed by atoms with E-state index in [1.54, 1.807) is 13.0 Å². The van der Waals surface area contributed by atoms with Crippen molar-refractivity contribution in [2.75, 3.05) is 19.6 Å². The van der Waals surface area contributed by atoms with E-state index in [1.165, 1.54) is 6.42 Å². The van der Waals surface area contributed by atoms with Gasteiger partial charge < -0.3 is 15.2 Å². The lowest BCUT2D eigenvalue weighted by molar-refractivity contribution is 0.0914. The molecule has 2 rings (SSSR count). The Morgan fingerprint density at radius 2 is 2.62 bits per heavy atom. The molecule has 5 nitrogen and oxygen atoms in total. The van der Waals surface area contributed by atoms with Crippen LogP contribution < -0.4 is 10.6 Å². The molecule has 16 heavy (non-hydrogen) atoms. The monoisotopic (exact) mass is 223 g/mol. The number of nitrogens with one attached hydrogen (secondary N) is 2. The highest BCUT2D eigenvalue weighted by atomic mass is 16.5. The van der Waals surface area contributed by atoms with E-state index in [-0.39, 0.29) is 5.91 Å². The first-order valence-corrected chi connectivity index (χ1v) is 5.68. The van der Waals surface area contributed by atoms with Crippen molar-refractivity contribution < 1.29 is 9.32 Å². The van der Waals surface area contributed by atoms with Crippen LogP contribution in [0.5, 0.6) is 0 Å². The van der Waals surface area contributed by atoms with Crippen LogP contribution in [0.3, 0.4) is 0 Å². The summed E-state index contributed by atoms with van der Waals surface area (Å²) in [5, 5.41) is 9.82. The Balaban J connectivity index is 1.71. The highest BCUT2D eigenvalue weighted by Crippen LogP contribution is 2.11. The first-order valence-electron chi connectivity index (χ1n) is 5.68. The number of aromatic nitrogens is 1. The Morgan fingerprint density at radius 1 is 1.75 bits per heavy atom. The molecule has 1 aromatic heterocycles. The molecule has 0 spiro atoms. The highest BCUT2D eigenvalue weighted by molar-refractivity contribution is 5.91. The minimum absolute atomic E-state index is 0.174. The Kier molecular flexibility index (Phi) is 3.56. The van der Waals surface area contributed by atoms with Crippen LogP contribution in [0.25, 0.3) is 0 Å². The molecule has 1 unspecified atom stereocenters. The molecule has 0 radical (unpaired) electrons. The van der Waals surface area contributed by atoms with Gasteiger partial charge in [-0.05, 0) is 38.8 Å². The number of hydrogen-bond donors (Lipinski definition) is 2. The van der Waals surface area contributed by atoms with Gasteiger partial charge in [-0.3, -0.25) is 4.79 Å². The number of carbonyl (C=O) groups is 1. The summed E-state index contributed by atoms with van der Waals surface area (Å²) in [5.74, 6) is 0.811. The second kappa shape index (κ2) is 5.12. The zero-order chi connectivity index (χ0) is 11.4. The van der Waals surface area contributed by atoms with Crippen molar-refractivity contribution in [1.29, 1.82) is 0 Å². The summed E-state index contributed by atoms with van der Waals surface area (Å²) in [6.45, 7) is 4.66. The van der Waals surface area contributed by atoms with E-state index in [4.69, 9.17) is 4.52 Å². The Hall–Kier alpha value is -1.36.